The van der Waals surface area contributed by atoms with Crippen molar-refractivity contribution in [3.63, 3.8) is 0 Å². The second-order valence-corrected chi connectivity index (χ2v) is 3.66. The fourth-order valence-electron chi connectivity index (χ4n) is 1.77. The molecule has 0 aromatic rings. The van der Waals surface area contributed by atoms with Gasteiger partial charge in [0.15, 0.2) is 6.29 Å². The van der Waals surface area contributed by atoms with Gasteiger partial charge in [-0.1, -0.05) is 0 Å². The third-order valence-electron chi connectivity index (χ3n) is 2.56. The maximum atomic E-state index is 10.7. The summed E-state index contributed by atoms with van der Waals surface area (Å²) in [4.78, 5) is 0. The maximum Gasteiger partial charge on any atom is 0.190 e. The zero-order chi connectivity index (χ0) is 7.90. The van der Waals surface area contributed by atoms with E-state index in [0.29, 0.717) is 5.54 Å². The van der Waals surface area contributed by atoms with E-state index >= 15 is 0 Å². The highest BCUT2D eigenvalue weighted by Crippen LogP contribution is 2.44. The fraction of sp³-hybridized carbons (Fsp3) is 1.00. The van der Waals surface area contributed by atoms with Crippen molar-refractivity contribution in [1.82, 2.24) is 5.32 Å². The predicted molar refractivity (Wildman–Crippen MR) is 39.4 cm³/mol. The Labute approximate surface area is 66.7 Å². The molecular formula is C8H14NO2. The molecule has 1 N–H and O–H groups in total. The zero-order valence-electron chi connectivity index (χ0n) is 6.80. The average molecular weight is 156 g/mol. The molecule has 1 heterocycles. The highest BCUT2D eigenvalue weighted by atomic mass is 16.6. The van der Waals surface area contributed by atoms with Gasteiger partial charge in [0.25, 0.3) is 0 Å². The molecule has 2 rings (SSSR count). The smallest absolute Gasteiger partial charge is 0.190 e. The number of ether oxygens (including phenoxy) is 1. The van der Waals surface area contributed by atoms with Gasteiger partial charge < -0.3 is 4.74 Å². The molecule has 2 atom stereocenters. The molecule has 0 aromatic heterocycles. The van der Waals surface area contributed by atoms with Crippen LogP contribution in [-0.2, 0) is 9.84 Å². The molecule has 2 fully saturated rings. The Balaban J connectivity index is 1.80. The van der Waals surface area contributed by atoms with Crippen LogP contribution in [0.25, 0.3) is 0 Å². The monoisotopic (exact) mass is 156 g/mol. The van der Waals surface area contributed by atoms with Gasteiger partial charge in [-0.25, -0.2) is 5.11 Å². The molecule has 0 bridgehead atoms. The van der Waals surface area contributed by atoms with E-state index in [9.17, 15) is 5.11 Å². The van der Waals surface area contributed by atoms with Crippen LogP contribution < -0.4 is 5.32 Å². The molecule has 11 heavy (non-hydrogen) atoms. The minimum Gasteiger partial charge on any atom is -0.332 e. The van der Waals surface area contributed by atoms with Crippen LogP contribution in [0.3, 0.4) is 0 Å². The molecule has 1 radical (unpaired) electrons. The molecule has 63 valence electrons. The van der Waals surface area contributed by atoms with Crippen LogP contribution in [0.15, 0.2) is 0 Å². The molecule has 3 heteroatoms. The van der Waals surface area contributed by atoms with E-state index in [1.807, 2.05) is 0 Å². The lowest BCUT2D eigenvalue weighted by Gasteiger charge is -2.14. The van der Waals surface area contributed by atoms with Gasteiger partial charge in [-0.3, -0.25) is 5.32 Å². The van der Waals surface area contributed by atoms with Gasteiger partial charge in [0, 0.05) is 5.54 Å². The van der Waals surface area contributed by atoms with Gasteiger partial charge in [0.1, 0.15) is 6.23 Å². The standard InChI is InChI=1S/C8H14NO2/c1-6(10)11-7-2-3-8(9-7)4-5-8/h6-7,9H,2-5H2,1H3. The SMILES string of the molecule is CC([O])OC1CCC2(CC2)N1. The Bertz CT molecular complexity index is 154. The van der Waals surface area contributed by atoms with E-state index in [2.05, 4.69) is 5.32 Å². The molecule has 1 saturated carbocycles. The molecule has 2 unspecified atom stereocenters. The molecule has 0 amide bonds. The minimum absolute atomic E-state index is 0.0324. The van der Waals surface area contributed by atoms with Crippen molar-refractivity contribution in [2.75, 3.05) is 0 Å². The number of nitrogens with one attached hydrogen (secondary N) is 1. The number of hydrogen-bond acceptors (Lipinski definition) is 2. The summed E-state index contributed by atoms with van der Waals surface area (Å²) in [6.07, 6.45) is 3.86. The quantitative estimate of drug-likeness (QED) is 0.606. The van der Waals surface area contributed by atoms with Crippen molar-refractivity contribution in [2.45, 2.75) is 50.7 Å². The van der Waals surface area contributed by atoms with Crippen LogP contribution in [0, 0.1) is 0 Å². The van der Waals surface area contributed by atoms with Crippen LogP contribution in [-0.4, -0.2) is 18.1 Å². The van der Waals surface area contributed by atoms with Gasteiger partial charge in [0.2, 0.25) is 0 Å². The Morgan fingerprint density at radius 3 is 2.73 bits per heavy atom. The molecule has 3 nitrogen and oxygen atoms in total. The van der Waals surface area contributed by atoms with Crippen LogP contribution in [0.2, 0.25) is 0 Å². The number of rotatable bonds is 2. The van der Waals surface area contributed by atoms with E-state index in [1.54, 1.807) is 6.92 Å². The summed E-state index contributed by atoms with van der Waals surface area (Å²) in [6.45, 7) is 1.54. The van der Waals surface area contributed by atoms with E-state index in [1.165, 1.54) is 19.3 Å². The van der Waals surface area contributed by atoms with Crippen LogP contribution >= 0.6 is 0 Å². The molecule has 1 spiro atoms. The molecule has 0 aromatic carbocycles. The van der Waals surface area contributed by atoms with Crippen molar-refractivity contribution < 1.29 is 9.84 Å². The summed E-state index contributed by atoms with van der Waals surface area (Å²) in [5.41, 5.74) is 0.388. The third kappa shape index (κ3) is 1.55. The van der Waals surface area contributed by atoms with Crippen molar-refractivity contribution in [3.8, 4) is 0 Å². The first kappa shape index (κ1) is 7.53. The van der Waals surface area contributed by atoms with Gasteiger partial charge in [0.05, 0.1) is 0 Å². The second kappa shape index (κ2) is 2.44. The van der Waals surface area contributed by atoms with Crippen molar-refractivity contribution in [3.05, 3.63) is 0 Å². The van der Waals surface area contributed by atoms with Gasteiger partial charge in [-0.2, -0.15) is 0 Å². The highest BCUT2D eigenvalue weighted by molar-refractivity contribution is 5.06. The Hall–Kier alpha value is -0.120. The van der Waals surface area contributed by atoms with E-state index < -0.39 is 6.29 Å². The van der Waals surface area contributed by atoms with E-state index in [4.69, 9.17) is 4.74 Å². The largest absolute Gasteiger partial charge is 0.332 e. The average Bonchev–Trinajstić information content (AvgIpc) is 2.51. The van der Waals surface area contributed by atoms with Gasteiger partial charge >= 0.3 is 0 Å². The summed E-state index contributed by atoms with van der Waals surface area (Å²) in [6, 6.07) is 0. The van der Waals surface area contributed by atoms with Crippen molar-refractivity contribution >= 4 is 0 Å². The topological polar surface area (TPSA) is 41.2 Å². The van der Waals surface area contributed by atoms with Crippen LogP contribution in [0.4, 0.5) is 0 Å². The predicted octanol–water partition coefficient (Wildman–Crippen LogP) is 1.02. The summed E-state index contributed by atoms with van der Waals surface area (Å²) >= 11 is 0. The van der Waals surface area contributed by atoms with Gasteiger partial charge in [-0.05, 0) is 32.6 Å². The summed E-state index contributed by atoms with van der Waals surface area (Å²) in [5.74, 6) is 0. The van der Waals surface area contributed by atoms with Crippen LogP contribution in [0.1, 0.15) is 32.6 Å². The van der Waals surface area contributed by atoms with Crippen molar-refractivity contribution in [1.29, 1.82) is 0 Å². The minimum atomic E-state index is -0.888. The highest BCUT2D eigenvalue weighted by Gasteiger charge is 2.48. The molecular weight excluding hydrogens is 142 g/mol. The lowest BCUT2D eigenvalue weighted by Crippen LogP contribution is -2.34. The molecule has 1 aliphatic carbocycles. The molecule has 2 aliphatic rings. The molecule has 1 aliphatic heterocycles. The Kier molecular flexibility index (Phi) is 1.67. The lowest BCUT2D eigenvalue weighted by atomic mass is 10.2. The zero-order valence-corrected chi connectivity index (χ0v) is 6.80. The summed E-state index contributed by atoms with van der Waals surface area (Å²) in [7, 11) is 0. The van der Waals surface area contributed by atoms with Gasteiger partial charge in [-0.15, -0.1) is 0 Å². The maximum absolute atomic E-state index is 10.7. The second-order valence-electron chi connectivity index (χ2n) is 3.66. The first-order chi connectivity index (χ1) is 5.20. The lowest BCUT2D eigenvalue weighted by molar-refractivity contribution is -0.162. The molecule has 1 saturated heterocycles. The Morgan fingerprint density at radius 1 is 1.55 bits per heavy atom. The third-order valence-corrected chi connectivity index (χ3v) is 2.56. The Morgan fingerprint density at radius 2 is 2.27 bits per heavy atom. The first-order valence-corrected chi connectivity index (χ1v) is 4.29. The van der Waals surface area contributed by atoms with E-state index in [0.717, 1.165) is 6.42 Å². The first-order valence-electron chi connectivity index (χ1n) is 4.29. The fourth-order valence-corrected chi connectivity index (χ4v) is 1.77. The van der Waals surface area contributed by atoms with E-state index in [-0.39, 0.29) is 6.23 Å². The van der Waals surface area contributed by atoms with Crippen molar-refractivity contribution in [2.24, 2.45) is 0 Å². The van der Waals surface area contributed by atoms with Crippen LogP contribution in [0.5, 0.6) is 0 Å². The summed E-state index contributed by atoms with van der Waals surface area (Å²) < 4.78 is 5.12. The number of hydrogen-bond donors (Lipinski definition) is 1. The normalized spacial score (nSPS) is 36.0. The summed E-state index contributed by atoms with van der Waals surface area (Å²) in [5, 5.41) is 14.0.